The predicted octanol–water partition coefficient (Wildman–Crippen LogP) is 1.95. The Labute approximate surface area is 115 Å². The highest BCUT2D eigenvalue weighted by atomic mass is 16.5. The summed E-state index contributed by atoms with van der Waals surface area (Å²) in [6.07, 6.45) is 0.677. The van der Waals surface area contributed by atoms with Gasteiger partial charge in [0.15, 0.2) is 0 Å². The number of aromatic hydroxyl groups is 1. The Morgan fingerprint density at radius 3 is 2.55 bits per heavy atom. The summed E-state index contributed by atoms with van der Waals surface area (Å²) in [6.45, 7) is 3.26. The van der Waals surface area contributed by atoms with Gasteiger partial charge in [-0.15, -0.1) is 0 Å². The van der Waals surface area contributed by atoms with Crippen molar-refractivity contribution in [1.82, 2.24) is 0 Å². The maximum Gasteiger partial charge on any atom is 0.349 e. The maximum atomic E-state index is 11.6. The zero-order chi connectivity index (χ0) is 15.3. The number of ether oxygens (including phenoxy) is 1. The Kier molecular flexibility index (Phi) is 4.87. The second-order valence-electron chi connectivity index (χ2n) is 4.17. The van der Waals surface area contributed by atoms with Crippen molar-refractivity contribution in [2.75, 3.05) is 0 Å². The van der Waals surface area contributed by atoms with Crippen molar-refractivity contribution in [2.24, 2.45) is 0 Å². The molecule has 104 valence electrons. The van der Waals surface area contributed by atoms with Gasteiger partial charge in [-0.05, 0) is 31.6 Å². The highest BCUT2D eigenvalue weighted by molar-refractivity contribution is 6.01. The number of carbonyl (C=O) groups excluding carboxylic acids is 1. The van der Waals surface area contributed by atoms with Crippen LogP contribution in [0.15, 0.2) is 23.8 Å². The van der Waals surface area contributed by atoms with Crippen molar-refractivity contribution in [3.8, 4) is 11.8 Å². The number of hydrogen-bond acceptors (Lipinski definition) is 5. The smallest absolute Gasteiger partial charge is 0.349 e. The largest absolute Gasteiger partial charge is 0.507 e. The van der Waals surface area contributed by atoms with Crippen molar-refractivity contribution >= 4 is 18.0 Å². The molecule has 1 aromatic carbocycles. The maximum absolute atomic E-state index is 11.6. The minimum atomic E-state index is -1.36. The van der Waals surface area contributed by atoms with Crippen LogP contribution < -0.4 is 0 Å². The minimum Gasteiger partial charge on any atom is -0.507 e. The lowest BCUT2D eigenvalue weighted by Gasteiger charge is -2.07. The van der Waals surface area contributed by atoms with E-state index in [2.05, 4.69) is 0 Å². The van der Waals surface area contributed by atoms with E-state index < -0.39 is 23.8 Å². The zero-order valence-corrected chi connectivity index (χ0v) is 11.0. The van der Waals surface area contributed by atoms with E-state index in [-0.39, 0.29) is 16.7 Å². The first kappa shape index (κ1) is 15.2. The number of esters is 1. The summed E-state index contributed by atoms with van der Waals surface area (Å²) in [6, 6.07) is 5.65. The van der Waals surface area contributed by atoms with E-state index in [0.717, 1.165) is 6.08 Å². The van der Waals surface area contributed by atoms with E-state index in [9.17, 15) is 14.7 Å². The van der Waals surface area contributed by atoms with Crippen molar-refractivity contribution < 1.29 is 24.5 Å². The average molecular weight is 275 g/mol. The first-order valence-corrected chi connectivity index (χ1v) is 5.74. The average Bonchev–Trinajstić information content (AvgIpc) is 2.34. The van der Waals surface area contributed by atoms with Gasteiger partial charge < -0.3 is 14.9 Å². The molecule has 0 spiro atoms. The lowest BCUT2D eigenvalue weighted by Crippen LogP contribution is -2.13. The molecule has 1 rings (SSSR count). The van der Waals surface area contributed by atoms with Gasteiger partial charge in [0.1, 0.15) is 23.0 Å². The number of aromatic carboxylic acids is 1. The molecule has 0 bridgehead atoms. The molecule has 0 radical (unpaired) electrons. The number of hydrogen-bond donors (Lipinski definition) is 2. The Morgan fingerprint density at radius 1 is 1.40 bits per heavy atom. The molecule has 1 aromatic rings. The number of carboxylic acids is 1. The molecule has 0 unspecified atom stereocenters. The number of nitrogens with zero attached hydrogens (tertiary/aromatic N) is 1. The fraction of sp³-hybridized carbons (Fsp3) is 0.214. The summed E-state index contributed by atoms with van der Waals surface area (Å²) in [5.41, 5.74) is -0.667. The monoisotopic (exact) mass is 275 g/mol. The Hall–Kier alpha value is -2.81. The zero-order valence-electron chi connectivity index (χ0n) is 11.0. The topological polar surface area (TPSA) is 108 Å². The summed E-state index contributed by atoms with van der Waals surface area (Å²) in [5.74, 6) is -2.65. The summed E-state index contributed by atoms with van der Waals surface area (Å²) < 4.78 is 4.87. The third kappa shape index (κ3) is 3.59. The van der Waals surface area contributed by atoms with Crippen LogP contribution in [0.25, 0.3) is 6.08 Å². The van der Waals surface area contributed by atoms with E-state index in [0.29, 0.717) is 0 Å². The molecule has 0 aliphatic heterocycles. The number of nitriles is 1. The molecule has 0 fully saturated rings. The Bertz CT molecular complexity index is 610. The molecule has 0 aliphatic rings. The van der Waals surface area contributed by atoms with Crippen LogP contribution in [0.4, 0.5) is 0 Å². The molecule has 0 amide bonds. The van der Waals surface area contributed by atoms with Crippen molar-refractivity contribution in [3.63, 3.8) is 0 Å². The van der Waals surface area contributed by atoms with Crippen LogP contribution in [-0.4, -0.2) is 28.3 Å². The van der Waals surface area contributed by atoms with Crippen LogP contribution in [0.1, 0.15) is 29.8 Å². The van der Waals surface area contributed by atoms with Crippen molar-refractivity contribution in [1.29, 1.82) is 5.26 Å². The quantitative estimate of drug-likeness (QED) is 0.494. The van der Waals surface area contributed by atoms with Gasteiger partial charge in [-0.2, -0.15) is 5.26 Å². The van der Waals surface area contributed by atoms with Gasteiger partial charge in [-0.1, -0.05) is 12.1 Å². The second-order valence-corrected chi connectivity index (χ2v) is 4.17. The third-order valence-electron chi connectivity index (χ3n) is 2.27. The first-order valence-electron chi connectivity index (χ1n) is 5.74. The Balaban J connectivity index is 3.28. The molecule has 2 N–H and O–H groups in total. The molecule has 0 atom stereocenters. The van der Waals surface area contributed by atoms with Crippen LogP contribution in [0.5, 0.6) is 5.75 Å². The van der Waals surface area contributed by atoms with Gasteiger partial charge >= 0.3 is 11.9 Å². The molecular formula is C14H13NO5. The van der Waals surface area contributed by atoms with Gasteiger partial charge in [0.05, 0.1) is 6.10 Å². The fourth-order valence-corrected chi connectivity index (χ4v) is 1.48. The summed E-state index contributed by atoms with van der Waals surface area (Å²) in [5, 5.41) is 27.5. The SMILES string of the molecule is CC(C)OC(=O)/C(C#N)=C/c1cccc(O)c1C(=O)O. The van der Waals surface area contributed by atoms with E-state index in [4.69, 9.17) is 15.1 Å². The molecular weight excluding hydrogens is 262 g/mol. The van der Waals surface area contributed by atoms with Gasteiger partial charge in [0, 0.05) is 0 Å². The van der Waals surface area contributed by atoms with Gasteiger partial charge in [0.25, 0.3) is 0 Å². The highest BCUT2D eigenvalue weighted by Gasteiger charge is 2.17. The van der Waals surface area contributed by atoms with E-state index in [1.807, 2.05) is 0 Å². The lowest BCUT2D eigenvalue weighted by molar-refractivity contribution is -0.142. The van der Waals surface area contributed by atoms with E-state index in [1.54, 1.807) is 19.9 Å². The van der Waals surface area contributed by atoms with Crippen molar-refractivity contribution in [2.45, 2.75) is 20.0 Å². The van der Waals surface area contributed by atoms with Gasteiger partial charge in [0.2, 0.25) is 0 Å². The number of benzene rings is 1. The minimum absolute atomic E-state index is 0.0507. The van der Waals surface area contributed by atoms with Crippen molar-refractivity contribution in [3.05, 3.63) is 34.9 Å². The summed E-state index contributed by atoms with van der Waals surface area (Å²) >= 11 is 0. The molecule has 6 heteroatoms. The lowest BCUT2D eigenvalue weighted by atomic mass is 10.0. The predicted molar refractivity (Wildman–Crippen MR) is 69.9 cm³/mol. The number of rotatable bonds is 4. The standard InChI is InChI=1S/C14H13NO5/c1-8(2)20-14(19)10(7-15)6-9-4-3-5-11(16)12(9)13(17)18/h3-6,8,16H,1-2H3,(H,17,18)/b10-6+. The fourth-order valence-electron chi connectivity index (χ4n) is 1.48. The molecule has 20 heavy (non-hydrogen) atoms. The Morgan fingerprint density at radius 2 is 2.05 bits per heavy atom. The van der Waals surface area contributed by atoms with Crippen LogP contribution >= 0.6 is 0 Å². The molecule has 0 saturated heterocycles. The molecule has 0 heterocycles. The number of phenols is 1. The summed E-state index contributed by atoms with van der Waals surface area (Å²) in [7, 11) is 0. The third-order valence-corrected chi connectivity index (χ3v) is 2.27. The summed E-state index contributed by atoms with van der Waals surface area (Å²) in [4.78, 5) is 22.7. The number of carbonyl (C=O) groups is 2. The van der Waals surface area contributed by atoms with Crippen LogP contribution in [-0.2, 0) is 9.53 Å². The molecule has 0 aromatic heterocycles. The van der Waals surface area contributed by atoms with Gasteiger partial charge in [-0.3, -0.25) is 0 Å². The molecule has 0 aliphatic carbocycles. The van der Waals surface area contributed by atoms with Crippen LogP contribution in [0.2, 0.25) is 0 Å². The number of carboxylic acid groups (broad SMARTS) is 1. The second kappa shape index (κ2) is 6.38. The first-order chi connectivity index (χ1) is 9.36. The highest BCUT2D eigenvalue weighted by Crippen LogP contribution is 2.23. The van der Waals surface area contributed by atoms with Crippen LogP contribution in [0.3, 0.4) is 0 Å². The normalized spacial score (nSPS) is 11.0. The molecule has 6 nitrogen and oxygen atoms in total. The molecule has 0 saturated carbocycles. The van der Waals surface area contributed by atoms with E-state index in [1.165, 1.54) is 18.2 Å². The van der Waals surface area contributed by atoms with Gasteiger partial charge in [-0.25, -0.2) is 9.59 Å². The van der Waals surface area contributed by atoms with Crippen LogP contribution in [0, 0.1) is 11.3 Å². The van der Waals surface area contributed by atoms with E-state index >= 15 is 0 Å².